The summed E-state index contributed by atoms with van der Waals surface area (Å²) in [6.07, 6.45) is 1.85. The van der Waals surface area contributed by atoms with Gasteiger partial charge in [-0.15, -0.1) is 0 Å². The second kappa shape index (κ2) is 7.44. The molecule has 1 aliphatic rings. The van der Waals surface area contributed by atoms with Crippen molar-refractivity contribution in [3.8, 4) is 0 Å². The van der Waals surface area contributed by atoms with E-state index in [-0.39, 0.29) is 16.8 Å². The summed E-state index contributed by atoms with van der Waals surface area (Å²) >= 11 is 0. The van der Waals surface area contributed by atoms with Gasteiger partial charge in [-0.05, 0) is 63.4 Å². The van der Waals surface area contributed by atoms with E-state index in [2.05, 4.69) is 6.07 Å². The lowest BCUT2D eigenvalue weighted by Crippen LogP contribution is -2.36. The van der Waals surface area contributed by atoms with Crippen LogP contribution in [0.1, 0.15) is 41.8 Å². The molecule has 1 amide bonds. The third-order valence-corrected chi connectivity index (χ3v) is 7.11. The van der Waals surface area contributed by atoms with Gasteiger partial charge in [-0.2, -0.15) is 4.31 Å². The number of hydrogen-bond donors (Lipinski definition) is 0. The summed E-state index contributed by atoms with van der Waals surface area (Å²) in [6.45, 7) is 6.32. The summed E-state index contributed by atoms with van der Waals surface area (Å²) in [5.74, 6) is -0.163. The van der Waals surface area contributed by atoms with Gasteiger partial charge in [-0.3, -0.25) is 4.79 Å². The van der Waals surface area contributed by atoms with E-state index in [1.807, 2.05) is 32.9 Å². The highest BCUT2D eigenvalue weighted by molar-refractivity contribution is 7.89. The van der Waals surface area contributed by atoms with Crippen molar-refractivity contribution in [3.05, 3.63) is 59.2 Å². The van der Waals surface area contributed by atoms with Gasteiger partial charge in [0.2, 0.25) is 10.0 Å². The molecule has 144 valence electrons. The first-order valence-electron chi connectivity index (χ1n) is 9.21. The molecule has 2 aromatic carbocycles. The predicted molar refractivity (Wildman–Crippen MR) is 108 cm³/mol. The van der Waals surface area contributed by atoms with Crippen molar-refractivity contribution in [2.24, 2.45) is 0 Å². The summed E-state index contributed by atoms with van der Waals surface area (Å²) in [6, 6.07) is 12.3. The van der Waals surface area contributed by atoms with Gasteiger partial charge in [0.1, 0.15) is 0 Å². The van der Waals surface area contributed by atoms with Crippen LogP contribution in [0, 0.1) is 6.92 Å². The molecule has 1 heterocycles. The van der Waals surface area contributed by atoms with Gasteiger partial charge in [0.15, 0.2) is 0 Å². The molecule has 2 aromatic rings. The number of carbonyl (C=O) groups is 1. The number of fused-ring (bicyclic) bond motifs is 1. The third kappa shape index (κ3) is 3.77. The lowest BCUT2D eigenvalue weighted by Gasteiger charge is -2.30. The van der Waals surface area contributed by atoms with Crippen LogP contribution < -0.4 is 4.90 Å². The molecule has 5 nitrogen and oxygen atoms in total. The smallest absolute Gasteiger partial charge is 0.258 e. The zero-order valence-corrected chi connectivity index (χ0v) is 17.1. The summed E-state index contributed by atoms with van der Waals surface area (Å²) in [5, 5.41) is 0. The van der Waals surface area contributed by atoms with Crippen molar-refractivity contribution in [2.45, 2.75) is 44.6 Å². The topological polar surface area (TPSA) is 57.7 Å². The molecule has 0 N–H and O–H groups in total. The van der Waals surface area contributed by atoms with E-state index in [0.717, 1.165) is 24.1 Å². The van der Waals surface area contributed by atoms with Gasteiger partial charge in [0.25, 0.3) is 5.91 Å². The fourth-order valence-corrected chi connectivity index (χ4v) is 4.74. The summed E-state index contributed by atoms with van der Waals surface area (Å²) in [4.78, 5) is 15.1. The van der Waals surface area contributed by atoms with E-state index in [0.29, 0.717) is 12.1 Å². The van der Waals surface area contributed by atoms with Gasteiger partial charge < -0.3 is 4.90 Å². The average Bonchev–Trinajstić information content (AvgIpc) is 2.66. The molecule has 3 rings (SSSR count). The number of hydrogen-bond acceptors (Lipinski definition) is 3. The predicted octanol–water partition coefficient (Wildman–Crippen LogP) is 3.62. The average molecular weight is 387 g/mol. The van der Waals surface area contributed by atoms with Crippen LogP contribution >= 0.6 is 0 Å². The Bertz CT molecular complexity index is 967. The number of sulfonamides is 1. The van der Waals surface area contributed by atoms with Crippen LogP contribution in [0.2, 0.25) is 0 Å². The molecular weight excluding hydrogens is 360 g/mol. The third-order valence-electron chi connectivity index (χ3n) is 5.08. The fourth-order valence-electron chi connectivity index (χ4n) is 3.33. The van der Waals surface area contributed by atoms with E-state index >= 15 is 0 Å². The maximum Gasteiger partial charge on any atom is 0.258 e. The lowest BCUT2D eigenvalue weighted by atomic mass is 9.99. The summed E-state index contributed by atoms with van der Waals surface area (Å²) in [7, 11) is -2.08. The Morgan fingerprint density at radius 2 is 1.89 bits per heavy atom. The number of benzene rings is 2. The molecule has 0 saturated carbocycles. The number of anilines is 1. The van der Waals surface area contributed by atoms with Gasteiger partial charge in [0, 0.05) is 30.9 Å². The summed E-state index contributed by atoms with van der Waals surface area (Å²) < 4.78 is 26.8. The Morgan fingerprint density at radius 1 is 1.15 bits per heavy atom. The highest BCUT2D eigenvalue weighted by Crippen LogP contribution is 2.29. The lowest BCUT2D eigenvalue weighted by molar-refractivity contribution is 0.0985. The molecule has 0 saturated heterocycles. The Hall–Kier alpha value is -2.18. The Kier molecular flexibility index (Phi) is 5.40. The van der Waals surface area contributed by atoms with E-state index in [1.165, 1.54) is 15.9 Å². The Labute approximate surface area is 161 Å². The van der Waals surface area contributed by atoms with E-state index < -0.39 is 10.0 Å². The maximum atomic E-state index is 13.1. The fraction of sp³-hybridized carbons (Fsp3) is 0.381. The Balaban J connectivity index is 1.96. The molecule has 0 atom stereocenters. The van der Waals surface area contributed by atoms with E-state index in [4.69, 9.17) is 0 Å². The molecule has 0 radical (unpaired) electrons. The molecule has 1 aliphatic heterocycles. The first-order valence-corrected chi connectivity index (χ1v) is 10.7. The molecule has 0 spiro atoms. The normalized spacial score (nSPS) is 14.5. The van der Waals surface area contributed by atoms with Crippen LogP contribution in [0.25, 0.3) is 0 Å². The van der Waals surface area contributed by atoms with Gasteiger partial charge in [-0.1, -0.05) is 23.8 Å². The van der Waals surface area contributed by atoms with Crippen molar-refractivity contribution in [1.29, 1.82) is 0 Å². The number of rotatable bonds is 4. The minimum absolute atomic E-state index is 0.144. The minimum atomic E-state index is -3.63. The summed E-state index contributed by atoms with van der Waals surface area (Å²) in [5.41, 5.74) is 3.65. The molecule has 27 heavy (non-hydrogen) atoms. The highest BCUT2D eigenvalue weighted by Gasteiger charge is 2.27. The SMILES string of the molecule is Cc1ccc2c(c1)CCCN2C(=O)c1cccc(S(=O)(=O)N(C)C(C)C)c1. The van der Waals surface area contributed by atoms with Crippen molar-refractivity contribution in [2.75, 3.05) is 18.5 Å². The quantitative estimate of drug-likeness (QED) is 0.806. The maximum absolute atomic E-state index is 13.1. The zero-order valence-electron chi connectivity index (χ0n) is 16.3. The number of carbonyl (C=O) groups excluding carboxylic acids is 1. The van der Waals surface area contributed by atoms with Crippen molar-refractivity contribution >= 4 is 21.6 Å². The first kappa shape index (κ1) is 19.6. The van der Waals surface area contributed by atoms with E-state index in [1.54, 1.807) is 30.1 Å². The van der Waals surface area contributed by atoms with Crippen LogP contribution in [0.4, 0.5) is 5.69 Å². The highest BCUT2D eigenvalue weighted by atomic mass is 32.2. The van der Waals surface area contributed by atoms with Crippen LogP contribution in [-0.2, 0) is 16.4 Å². The molecule has 0 aliphatic carbocycles. The van der Waals surface area contributed by atoms with Crippen molar-refractivity contribution in [1.82, 2.24) is 4.31 Å². The molecule has 0 aromatic heterocycles. The van der Waals surface area contributed by atoms with Crippen LogP contribution in [0.15, 0.2) is 47.4 Å². The van der Waals surface area contributed by atoms with Crippen molar-refractivity contribution in [3.63, 3.8) is 0 Å². The van der Waals surface area contributed by atoms with Crippen LogP contribution in [-0.4, -0.2) is 38.3 Å². The Morgan fingerprint density at radius 3 is 2.59 bits per heavy atom. The largest absolute Gasteiger partial charge is 0.308 e. The van der Waals surface area contributed by atoms with Gasteiger partial charge in [0.05, 0.1) is 4.90 Å². The molecule has 6 heteroatoms. The monoisotopic (exact) mass is 386 g/mol. The molecule has 0 fully saturated rings. The van der Waals surface area contributed by atoms with Crippen molar-refractivity contribution < 1.29 is 13.2 Å². The van der Waals surface area contributed by atoms with Gasteiger partial charge >= 0.3 is 0 Å². The van der Waals surface area contributed by atoms with Crippen LogP contribution in [0.5, 0.6) is 0 Å². The number of nitrogens with zero attached hydrogens (tertiary/aromatic N) is 2. The van der Waals surface area contributed by atoms with E-state index in [9.17, 15) is 13.2 Å². The standard InChI is InChI=1S/C21H26N2O3S/c1-15(2)22(4)27(25,26)19-9-5-7-18(14-19)21(24)23-12-6-8-17-13-16(3)10-11-20(17)23/h5,7,9-11,13-15H,6,8,12H2,1-4H3. The first-order chi connectivity index (χ1) is 12.7. The molecular formula is C21H26N2O3S. The second-order valence-electron chi connectivity index (χ2n) is 7.34. The zero-order chi connectivity index (χ0) is 19.8. The molecule has 0 bridgehead atoms. The van der Waals surface area contributed by atoms with Crippen LogP contribution in [0.3, 0.4) is 0 Å². The number of aryl methyl sites for hydroxylation is 2. The minimum Gasteiger partial charge on any atom is -0.308 e. The van der Waals surface area contributed by atoms with Gasteiger partial charge in [-0.25, -0.2) is 8.42 Å². The second-order valence-corrected chi connectivity index (χ2v) is 9.33. The molecule has 0 unspecified atom stereocenters. The number of amides is 1.